The van der Waals surface area contributed by atoms with E-state index in [1.165, 1.54) is 0 Å². The van der Waals surface area contributed by atoms with Crippen LogP contribution < -0.4 is 9.88 Å². The van der Waals surface area contributed by atoms with Crippen molar-refractivity contribution in [1.82, 2.24) is 5.32 Å². The summed E-state index contributed by atoms with van der Waals surface area (Å²) < 4.78 is 1.88. The van der Waals surface area contributed by atoms with Gasteiger partial charge in [-0.15, -0.1) is 0 Å². The Morgan fingerprint density at radius 3 is 2.55 bits per heavy atom. The summed E-state index contributed by atoms with van der Waals surface area (Å²) in [6.07, 6.45) is 3.89. The van der Waals surface area contributed by atoms with Gasteiger partial charge in [-0.3, -0.25) is 4.79 Å². The first-order chi connectivity index (χ1) is 10.7. The van der Waals surface area contributed by atoms with Gasteiger partial charge in [0.25, 0.3) is 5.91 Å². The molecule has 1 heterocycles. The number of hydrogen-bond acceptors (Lipinski definition) is 1. The molecule has 2 aromatic carbocycles. The van der Waals surface area contributed by atoms with Crippen molar-refractivity contribution in [3.63, 3.8) is 0 Å². The molecule has 110 valence electrons. The Labute approximate surface area is 134 Å². The first-order valence-electron chi connectivity index (χ1n) is 7.10. The standard InChI is InChI=1S/C18H15ClN2O/c19-17-8-4-3-6-15(17)11-20-18(22)13-21-10-9-14-5-1-2-7-16(14)12-21/h1-10,12H,11,13H2/p+1. The number of benzene rings is 2. The highest BCUT2D eigenvalue weighted by Crippen LogP contribution is 2.14. The van der Waals surface area contributed by atoms with Crippen molar-refractivity contribution in [2.24, 2.45) is 0 Å². The van der Waals surface area contributed by atoms with E-state index in [4.69, 9.17) is 11.6 Å². The zero-order valence-corrected chi connectivity index (χ0v) is 12.8. The third kappa shape index (κ3) is 3.43. The number of fused-ring (bicyclic) bond motifs is 1. The Hall–Kier alpha value is -2.39. The van der Waals surface area contributed by atoms with Gasteiger partial charge in [0, 0.05) is 23.0 Å². The van der Waals surface area contributed by atoms with Crippen molar-refractivity contribution in [2.45, 2.75) is 13.1 Å². The van der Waals surface area contributed by atoms with Crippen LogP contribution in [0, 0.1) is 0 Å². The van der Waals surface area contributed by atoms with Crippen LogP contribution in [0.4, 0.5) is 0 Å². The smallest absolute Gasteiger partial charge is 0.286 e. The van der Waals surface area contributed by atoms with Crippen LogP contribution in [-0.4, -0.2) is 5.91 Å². The second kappa shape index (κ2) is 6.58. The number of halogens is 1. The van der Waals surface area contributed by atoms with E-state index in [1.54, 1.807) is 0 Å². The maximum Gasteiger partial charge on any atom is 0.286 e. The highest BCUT2D eigenvalue weighted by Gasteiger charge is 2.10. The van der Waals surface area contributed by atoms with E-state index in [0.717, 1.165) is 16.3 Å². The van der Waals surface area contributed by atoms with Crippen LogP contribution in [0.25, 0.3) is 10.8 Å². The number of carbonyl (C=O) groups excluding carboxylic acids is 1. The van der Waals surface area contributed by atoms with Crippen molar-refractivity contribution in [2.75, 3.05) is 0 Å². The lowest BCUT2D eigenvalue weighted by Crippen LogP contribution is -2.42. The van der Waals surface area contributed by atoms with E-state index in [2.05, 4.69) is 11.4 Å². The van der Waals surface area contributed by atoms with Gasteiger partial charge < -0.3 is 5.32 Å². The lowest BCUT2D eigenvalue weighted by atomic mass is 10.2. The predicted octanol–water partition coefficient (Wildman–Crippen LogP) is 3.10. The number of aromatic nitrogens is 1. The largest absolute Gasteiger partial charge is 0.346 e. The number of amides is 1. The number of rotatable bonds is 4. The van der Waals surface area contributed by atoms with Crippen molar-refractivity contribution in [3.05, 3.63) is 77.6 Å². The molecular formula is C18H16ClN2O+. The lowest BCUT2D eigenvalue weighted by Gasteiger charge is -2.05. The molecule has 22 heavy (non-hydrogen) atoms. The number of nitrogens with zero attached hydrogens (tertiary/aromatic N) is 1. The van der Waals surface area contributed by atoms with Crippen LogP contribution in [-0.2, 0) is 17.9 Å². The molecule has 0 unspecified atom stereocenters. The molecule has 0 atom stereocenters. The molecule has 0 spiro atoms. The Morgan fingerprint density at radius 2 is 1.73 bits per heavy atom. The first kappa shape index (κ1) is 14.5. The second-order valence-corrected chi connectivity index (χ2v) is 5.52. The molecule has 0 saturated carbocycles. The zero-order chi connectivity index (χ0) is 15.4. The molecule has 0 aliphatic rings. The fourth-order valence-electron chi connectivity index (χ4n) is 2.33. The first-order valence-corrected chi connectivity index (χ1v) is 7.48. The van der Waals surface area contributed by atoms with Gasteiger partial charge in [-0.25, -0.2) is 0 Å². The molecule has 0 bridgehead atoms. The summed E-state index contributed by atoms with van der Waals surface area (Å²) in [6.45, 7) is 0.724. The molecular weight excluding hydrogens is 296 g/mol. The van der Waals surface area contributed by atoms with Crippen LogP contribution in [0.15, 0.2) is 67.0 Å². The zero-order valence-electron chi connectivity index (χ0n) is 12.0. The normalized spacial score (nSPS) is 10.6. The quantitative estimate of drug-likeness (QED) is 0.738. The minimum atomic E-state index is -0.0415. The molecule has 4 heteroatoms. The Bertz CT molecular complexity index is 817. The average molecular weight is 312 g/mol. The summed E-state index contributed by atoms with van der Waals surface area (Å²) in [4.78, 5) is 12.1. The monoisotopic (exact) mass is 311 g/mol. The van der Waals surface area contributed by atoms with Crippen LogP contribution in [0.5, 0.6) is 0 Å². The minimum Gasteiger partial charge on any atom is -0.346 e. The fraction of sp³-hybridized carbons (Fsp3) is 0.111. The van der Waals surface area contributed by atoms with Gasteiger partial charge in [0.2, 0.25) is 6.54 Å². The van der Waals surface area contributed by atoms with E-state index in [9.17, 15) is 4.79 Å². The average Bonchev–Trinajstić information content (AvgIpc) is 2.54. The van der Waals surface area contributed by atoms with E-state index in [0.29, 0.717) is 11.6 Å². The van der Waals surface area contributed by atoms with Gasteiger partial charge in [0.05, 0.1) is 0 Å². The minimum absolute atomic E-state index is 0.0415. The highest BCUT2D eigenvalue weighted by atomic mass is 35.5. The van der Waals surface area contributed by atoms with E-state index < -0.39 is 0 Å². The third-order valence-corrected chi connectivity index (χ3v) is 3.88. The summed E-state index contributed by atoms with van der Waals surface area (Å²) in [5.74, 6) is -0.0415. The highest BCUT2D eigenvalue weighted by molar-refractivity contribution is 6.31. The molecule has 0 saturated heterocycles. The molecule has 3 nitrogen and oxygen atoms in total. The molecule has 1 N–H and O–H groups in total. The lowest BCUT2D eigenvalue weighted by molar-refractivity contribution is -0.683. The maximum atomic E-state index is 12.1. The molecule has 1 amide bonds. The molecule has 0 radical (unpaired) electrons. The SMILES string of the molecule is O=C(C[n+]1ccc2ccccc2c1)NCc1ccccc1Cl. The topological polar surface area (TPSA) is 33.0 Å². The van der Waals surface area contributed by atoms with Crippen LogP contribution >= 0.6 is 11.6 Å². The summed E-state index contributed by atoms with van der Waals surface area (Å²) in [6, 6.07) is 17.6. The third-order valence-electron chi connectivity index (χ3n) is 3.51. The fourth-order valence-corrected chi connectivity index (χ4v) is 2.54. The molecule has 0 fully saturated rings. The van der Waals surface area contributed by atoms with Crippen molar-refractivity contribution in [3.8, 4) is 0 Å². The summed E-state index contributed by atoms with van der Waals surface area (Å²) in [7, 11) is 0. The van der Waals surface area contributed by atoms with E-state index in [1.807, 2.05) is 65.5 Å². The van der Waals surface area contributed by atoms with Crippen molar-refractivity contribution in [1.29, 1.82) is 0 Å². The van der Waals surface area contributed by atoms with Gasteiger partial charge in [0.1, 0.15) is 0 Å². The second-order valence-electron chi connectivity index (χ2n) is 5.11. The number of pyridine rings is 1. The Morgan fingerprint density at radius 1 is 1.00 bits per heavy atom. The van der Waals surface area contributed by atoms with Gasteiger partial charge in [-0.1, -0.05) is 48.0 Å². The molecule has 0 aliphatic heterocycles. The number of nitrogens with one attached hydrogen (secondary N) is 1. The van der Waals surface area contributed by atoms with Gasteiger partial charge in [-0.2, -0.15) is 4.57 Å². The summed E-state index contributed by atoms with van der Waals surface area (Å²) in [5.41, 5.74) is 0.918. The van der Waals surface area contributed by atoms with E-state index >= 15 is 0 Å². The Kier molecular flexibility index (Phi) is 4.35. The summed E-state index contributed by atoms with van der Waals surface area (Å²) >= 11 is 6.08. The summed E-state index contributed by atoms with van der Waals surface area (Å²) in [5, 5.41) is 5.84. The van der Waals surface area contributed by atoms with Crippen molar-refractivity contribution >= 4 is 28.3 Å². The van der Waals surface area contributed by atoms with Crippen molar-refractivity contribution < 1.29 is 9.36 Å². The van der Waals surface area contributed by atoms with Crippen LogP contribution in [0.3, 0.4) is 0 Å². The van der Waals surface area contributed by atoms with Gasteiger partial charge in [-0.05, 0) is 23.1 Å². The molecule has 0 aliphatic carbocycles. The molecule has 3 rings (SSSR count). The molecule has 1 aromatic heterocycles. The Balaban J connectivity index is 1.64. The number of carbonyl (C=O) groups is 1. The van der Waals surface area contributed by atoms with E-state index in [-0.39, 0.29) is 12.5 Å². The maximum absolute atomic E-state index is 12.1. The van der Waals surface area contributed by atoms with Crippen LogP contribution in [0.2, 0.25) is 5.02 Å². The predicted molar refractivity (Wildman–Crippen MR) is 87.4 cm³/mol. The molecule has 3 aromatic rings. The van der Waals surface area contributed by atoms with Gasteiger partial charge >= 0.3 is 0 Å². The number of hydrogen-bond donors (Lipinski definition) is 1. The van der Waals surface area contributed by atoms with Gasteiger partial charge in [0.15, 0.2) is 12.4 Å². The van der Waals surface area contributed by atoms with Crippen LogP contribution in [0.1, 0.15) is 5.56 Å².